The number of unbranched alkanes of at least 4 members (excludes halogenated alkanes) is 3. The van der Waals surface area contributed by atoms with Gasteiger partial charge in [-0.1, -0.05) is 40.0 Å². The zero-order valence-electron chi connectivity index (χ0n) is 13.0. The van der Waals surface area contributed by atoms with E-state index in [0.29, 0.717) is 26.2 Å². The van der Waals surface area contributed by atoms with Crippen molar-refractivity contribution in [1.29, 1.82) is 0 Å². The summed E-state index contributed by atoms with van der Waals surface area (Å²) in [5.41, 5.74) is 0. The summed E-state index contributed by atoms with van der Waals surface area (Å²) in [4.78, 5) is 0. The van der Waals surface area contributed by atoms with Gasteiger partial charge in [-0.25, -0.2) is 0 Å². The van der Waals surface area contributed by atoms with E-state index in [0.717, 1.165) is 38.5 Å². The van der Waals surface area contributed by atoms with E-state index in [1.165, 1.54) is 0 Å². The summed E-state index contributed by atoms with van der Waals surface area (Å²) >= 11 is 0. The molecule has 19 heavy (non-hydrogen) atoms. The third-order valence-corrected chi connectivity index (χ3v) is 2.88. The van der Waals surface area contributed by atoms with Crippen molar-refractivity contribution in [2.24, 2.45) is 0 Å². The summed E-state index contributed by atoms with van der Waals surface area (Å²) in [6.45, 7) is 8.18. The van der Waals surface area contributed by atoms with Gasteiger partial charge in [-0.15, -0.1) is 0 Å². The second kappa shape index (κ2) is 12.9. The first-order valence-electron chi connectivity index (χ1n) is 7.77. The van der Waals surface area contributed by atoms with Crippen molar-refractivity contribution in [2.45, 2.75) is 71.7 Å². The van der Waals surface area contributed by atoms with Crippen molar-refractivity contribution in [3.8, 4) is 0 Å². The Labute approximate surface area is 118 Å². The van der Waals surface area contributed by atoms with Crippen LogP contribution in [0.2, 0.25) is 0 Å². The molecule has 0 aliphatic rings. The fourth-order valence-corrected chi connectivity index (χ4v) is 1.59. The predicted molar refractivity (Wildman–Crippen MR) is 77.0 cm³/mol. The molecule has 0 aromatic rings. The van der Waals surface area contributed by atoms with E-state index in [4.69, 9.17) is 14.2 Å². The standard InChI is InChI=1S/C15H32O4/c1-4-7-12-17-15(10-11-16,18-13-8-5-2)19-14-9-6-3/h16H,4-14H2,1-3H3. The SMILES string of the molecule is CCCCOC(CCO)(OCCCC)OCCCC. The van der Waals surface area contributed by atoms with Gasteiger partial charge in [0.25, 0.3) is 5.97 Å². The Morgan fingerprint density at radius 1 is 0.737 bits per heavy atom. The van der Waals surface area contributed by atoms with Gasteiger partial charge in [0.1, 0.15) is 0 Å². The molecule has 0 aliphatic heterocycles. The lowest BCUT2D eigenvalue weighted by atomic mass is 10.3. The van der Waals surface area contributed by atoms with E-state index in [2.05, 4.69) is 20.8 Å². The van der Waals surface area contributed by atoms with Crippen LogP contribution in [0.5, 0.6) is 0 Å². The van der Waals surface area contributed by atoms with Gasteiger partial charge < -0.3 is 19.3 Å². The molecule has 0 bridgehead atoms. The summed E-state index contributed by atoms with van der Waals surface area (Å²) < 4.78 is 17.4. The van der Waals surface area contributed by atoms with Crippen LogP contribution >= 0.6 is 0 Å². The molecule has 4 heteroatoms. The Morgan fingerprint density at radius 2 is 1.11 bits per heavy atom. The Kier molecular flexibility index (Phi) is 12.7. The second-order valence-electron chi connectivity index (χ2n) is 4.76. The molecule has 0 amide bonds. The largest absolute Gasteiger partial charge is 0.396 e. The number of hydrogen-bond donors (Lipinski definition) is 1. The molecule has 0 aliphatic carbocycles. The van der Waals surface area contributed by atoms with Gasteiger partial charge >= 0.3 is 0 Å². The Morgan fingerprint density at radius 3 is 1.37 bits per heavy atom. The molecule has 1 N–H and O–H groups in total. The van der Waals surface area contributed by atoms with Gasteiger partial charge in [0.2, 0.25) is 0 Å². The van der Waals surface area contributed by atoms with Gasteiger partial charge in [-0.05, 0) is 19.3 Å². The van der Waals surface area contributed by atoms with E-state index >= 15 is 0 Å². The molecular formula is C15H32O4. The maximum absolute atomic E-state index is 9.23. The zero-order chi connectivity index (χ0) is 14.4. The molecule has 0 aromatic heterocycles. The molecule has 4 nitrogen and oxygen atoms in total. The van der Waals surface area contributed by atoms with E-state index in [1.54, 1.807) is 0 Å². The van der Waals surface area contributed by atoms with Crippen molar-refractivity contribution >= 4 is 0 Å². The van der Waals surface area contributed by atoms with Crippen LogP contribution in [0, 0.1) is 0 Å². The summed E-state index contributed by atoms with van der Waals surface area (Å²) in [5.74, 6) is -1.05. The minimum Gasteiger partial charge on any atom is -0.396 e. The van der Waals surface area contributed by atoms with E-state index in [9.17, 15) is 5.11 Å². The molecule has 0 spiro atoms. The monoisotopic (exact) mass is 276 g/mol. The van der Waals surface area contributed by atoms with Crippen LogP contribution in [0.4, 0.5) is 0 Å². The highest BCUT2D eigenvalue weighted by atomic mass is 16.9. The Bertz CT molecular complexity index is 158. The van der Waals surface area contributed by atoms with Crippen molar-refractivity contribution in [2.75, 3.05) is 26.4 Å². The first kappa shape index (κ1) is 18.8. The second-order valence-corrected chi connectivity index (χ2v) is 4.76. The summed E-state index contributed by atoms with van der Waals surface area (Å²) in [6, 6.07) is 0. The topological polar surface area (TPSA) is 47.9 Å². The smallest absolute Gasteiger partial charge is 0.285 e. The quantitative estimate of drug-likeness (QED) is 0.390. The van der Waals surface area contributed by atoms with Crippen LogP contribution in [-0.2, 0) is 14.2 Å². The van der Waals surface area contributed by atoms with E-state index in [1.807, 2.05) is 0 Å². The summed E-state index contributed by atoms with van der Waals surface area (Å²) in [7, 11) is 0. The molecule has 0 aromatic carbocycles. The van der Waals surface area contributed by atoms with Crippen LogP contribution in [0.25, 0.3) is 0 Å². The first-order chi connectivity index (χ1) is 9.24. The van der Waals surface area contributed by atoms with Crippen LogP contribution in [0.3, 0.4) is 0 Å². The summed E-state index contributed by atoms with van der Waals surface area (Å²) in [5, 5.41) is 9.23. The minimum absolute atomic E-state index is 0.00434. The molecule has 0 rings (SSSR count). The minimum atomic E-state index is -1.05. The molecule has 0 radical (unpaired) electrons. The van der Waals surface area contributed by atoms with E-state index < -0.39 is 5.97 Å². The number of hydrogen-bond acceptors (Lipinski definition) is 4. The lowest BCUT2D eigenvalue weighted by Gasteiger charge is -2.33. The van der Waals surface area contributed by atoms with Crippen molar-refractivity contribution in [3.05, 3.63) is 0 Å². The number of aliphatic hydroxyl groups excluding tert-OH is 1. The highest BCUT2D eigenvalue weighted by Gasteiger charge is 2.32. The van der Waals surface area contributed by atoms with Crippen LogP contribution < -0.4 is 0 Å². The number of aliphatic hydroxyl groups is 1. The Hall–Kier alpha value is -0.160. The molecule has 0 unspecified atom stereocenters. The zero-order valence-corrected chi connectivity index (χ0v) is 13.0. The predicted octanol–water partition coefficient (Wildman–Crippen LogP) is 3.47. The maximum Gasteiger partial charge on any atom is 0.285 e. The third kappa shape index (κ3) is 9.38. The van der Waals surface area contributed by atoms with Crippen LogP contribution in [0.15, 0.2) is 0 Å². The lowest BCUT2D eigenvalue weighted by Crippen LogP contribution is -2.41. The van der Waals surface area contributed by atoms with E-state index in [-0.39, 0.29) is 6.61 Å². The van der Waals surface area contributed by atoms with Crippen molar-refractivity contribution in [1.82, 2.24) is 0 Å². The average molecular weight is 276 g/mol. The maximum atomic E-state index is 9.23. The molecule has 0 heterocycles. The highest BCUT2D eigenvalue weighted by molar-refractivity contribution is 4.59. The fourth-order valence-electron chi connectivity index (χ4n) is 1.59. The fraction of sp³-hybridized carbons (Fsp3) is 1.00. The summed E-state index contributed by atoms with van der Waals surface area (Å²) in [6.07, 6.45) is 6.49. The number of ether oxygens (including phenoxy) is 3. The Balaban J connectivity index is 4.37. The van der Waals surface area contributed by atoms with Gasteiger partial charge in [0.05, 0.1) is 32.8 Å². The van der Waals surface area contributed by atoms with Crippen molar-refractivity contribution in [3.63, 3.8) is 0 Å². The van der Waals surface area contributed by atoms with Gasteiger partial charge in [-0.3, -0.25) is 0 Å². The van der Waals surface area contributed by atoms with Crippen LogP contribution in [-0.4, -0.2) is 37.5 Å². The lowest BCUT2D eigenvalue weighted by molar-refractivity contribution is -0.385. The van der Waals surface area contributed by atoms with Crippen LogP contribution in [0.1, 0.15) is 65.7 Å². The molecule has 116 valence electrons. The van der Waals surface area contributed by atoms with Gasteiger partial charge in [0.15, 0.2) is 0 Å². The molecule has 0 saturated heterocycles. The normalized spacial score (nSPS) is 12.0. The molecule has 0 saturated carbocycles. The molecule has 0 atom stereocenters. The molecule has 0 fully saturated rings. The highest BCUT2D eigenvalue weighted by Crippen LogP contribution is 2.22. The average Bonchev–Trinajstić information content (AvgIpc) is 2.40. The first-order valence-corrected chi connectivity index (χ1v) is 7.77. The van der Waals surface area contributed by atoms with Crippen molar-refractivity contribution < 1.29 is 19.3 Å². The van der Waals surface area contributed by atoms with Gasteiger partial charge in [-0.2, -0.15) is 0 Å². The van der Waals surface area contributed by atoms with Gasteiger partial charge in [0, 0.05) is 0 Å². The molecular weight excluding hydrogens is 244 g/mol. The third-order valence-electron chi connectivity index (χ3n) is 2.88. The number of rotatable bonds is 14.